The van der Waals surface area contributed by atoms with Crippen LogP contribution >= 0.6 is 0 Å². The molecule has 2 atom stereocenters. The van der Waals surface area contributed by atoms with Gasteiger partial charge in [-0.15, -0.1) is 0 Å². The van der Waals surface area contributed by atoms with Gasteiger partial charge in [0, 0.05) is 24.4 Å². The first kappa shape index (κ1) is 18.2. The van der Waals surface area contributed by atoms with Crippen LogP contribution in [-0.4, -0.2) is 40.9 Å². The Hall–Kier alpha value is -2.62. The van der Waals surface area contributed by atoms with Gasteiger partial charge in [0.15, 0.2) is 0 Å². The Bertz CT molecular complexity index is 781. The molecule has 26 heavy (non-hydrogen) atoms. The second kappa shape index (κ2) is 6.94. The largest absolute Gasteiger partial charge is 0.323 e. The van der Waals surface area contributed by atoms with E-state index in [1.54, 1.807) is 16.8 Å². The van der Waals surface area contributed by atoms with Crippen LogP contribution in [0.5, 0.6) is 0 Å². The average molecular weight is 350 g/mol. The van der Waals surface area contributed by atoms with Crippen molar-refractivity contribution in [3.63, 3.8) is 0 Å². The highest BCUT2D eigenvalue weighted by Gasteiger charge is 2.51. The molecule has 1 fully saturated rings. The molecule has 4 nitrogen and oxygen atoms in total. The normalized spacial score (nSPS) is 20.5. The van der Waals surface area contributed by atoms with Crippen LogP contribution in [0.3, 0.4) is 0 Å². The zero-order chi connectivity index (χ0) is 18.9. The van der Waals surface area contributed by atoms with E-state index in [4.69, 9.17) is 0 Å². The molecule has 1 aliphatic heterocycles. The van der Waals surface area contributed by atoms with Gasteiger partial charge in [-0.05, 0) is 17.7 Å². The lowest BCUT2D eigenvalue weighted by Crippen LogP contribution is -2.51. The van der Waals surface area contributed by atoms with Gasteiger partial charge in [0.25, 0.3) is 5.91 Å². The van der Waals surface area contributed by atoms with E-state index in [2.05, 4.69) is 20.8 Å². The second-order valence-corrected chi connectivity index (χ2v) is 7.97. The number of carbonyl (C=O) groups is 2. The number of hydrogen-bond donors (Lipinski definition) is 0. The number of benzene rings is 2. The monoisotopic (exact) mass is 350 g/mol. The third kappa shape index (κ3) is 3.36. The lowest BCUT2D eigenvalue weighted by atomic mass is 9.90. The van der Waals surface area contributed by atoms with Gasteiger partial charge in [0.1, 0.15) is 12.2 Å². The molecule has 1 saturated heterocycles. The van der Waals surface area contributed by atoms with Crippen LogP contribution in [-0.2, 0) is 11.2 Å². The lowest BCUT2D eigenvalue weighted by Gasteiger charge is -2.39. The van der Waals surface area contributed by atoms with E-state index in [1.807, 2.05) is 60.7 Å². The quantitative estimate of drug-likeness (QED) is 0.849. The lowest BCUT2D eigenvalue weighted by molar-refractivity contribution is -0.129. The molecule has 1 aliphatic rings. The van der Waals surface area contributed by atoms with Crippen molar-refractivity contribution in [3.05, 3.63) is 71.8 Å². The molecule has 0 aliphatic carbocycles. The Morgan fingerprint density at radius 2 is 1.50 bits per heavy atom. The summed E-state index contributed by atoms with van der Waals surface area (Å²) in [5.74, 6) is -0.0952. The summed E-state index contributed by atoms with van der Waals surface area (Å²) in [6.45, 7) is 6.20. The van der Waals surface area contributed by atoms with Gasteiger partial charge in [-0.3, -0.25) is 9.59 Å². The number of amides is 2. The summed E-state index contributed by atoms with van der Waals surface area (Å²) in [6.07, 6.45) is 0.242. The van der Waals surface area contributed by atoms with Crippen molar-refractivity contribution in [1.29, 1.82) is 0 Å². The predicted molar refractivity (Wildman–Crippen MR) is 103 cm³/mol. The molecule has 2 amide bonds. The third-order valence-electron chi connectivity index (χ3n) is 4.90. The molecule has 0 radical (unpaired) electrons. The van der Waals surface area contributed by atoms with Crippen LogP contribution in [0.25, 0.3) is 0 Å². The summed E-state index contributed by atoms with van der Waals surface area (Å²) in [5.41, 5.74) is 1.42. The summed E-state index contributed by atoms with van der Waals surface area (Å²) in [4.78, 5) is 29.9. The van der Waals surface area contributed by atoms with Crippen molar-refractivity contribution in [2.45, 2.75) is 39.4 Å². The zero-order valence-corrected chi connectivity index (χ0v) is 15.8. The first-order chi connectivity index (χ1) is 12.3. The van der Waals surface area contributed by atoms with Crippen molar-refractivity contribution in [2.75, 3.05) is 7.05 Å². The fourth-order valence-corrected chi connectivity index (χ4v) is 3.84. The molecule has 0 saturated carbocycles. The molecular formula is C22H26N2O2. The van der Waals surface area contributed by atoms with Crippen LogP contribution in [0, 0.1) is 5.41 Å². The fraction of sp³-hybridized carbons (Fsp3) is 0.364. The van der Waals surface area contributed by atoms with E-state index < -0.39 is 6.04 Å². The van der Waals surface area contributed by atoms with Crippen molar-refractivity contribution in [1.82, 2.24) is 9.80 Å². The van der Waals surface area contributed by atoms with E-state index in [0.717, 1.165) is 5.56 Å². The highest BCUT2D eigenvalue weighted by Crippen LogP contribution is 2.36. The van der Waals surface area contributed by atoms with Gasteiger partial charge in [-0.1, -0.05) is 69.3 Å². The van der Waals surface area contributed by atoms with E-state index in [1.165, 1.54) is 0 Å². The second-order valence-electron chi connectivity index (χ2n) is 7.97. The Morgan fingerprint density at radius 3 is 2.04 bits per heavy atom. The van der Waals surface area contributed by atoms with Crippen molar-refractivity contribution < 1.29 is 9.59 Å². The minimum atomic E-state index is -0.487. The minimum absolute atomic E-state index is 0.00180. The summed E-state index contributed by atoms with van der Waals surface area (Å²) >= 11 is 0. The van der Waals surface area contributed by atoms with Crippen molar-refractivity contribution in [3.8, 4) is 0 Å². The number of rotatable bonds is 3. The molecule has 3 rings (SSSR count). The number of likely N-dealkylation sites (N-methyl/N-ethyl adjacent to an activating group) is 1. The molecule has 1 heterocycles. The molecule has 0 unspecified atom stereocenters. The van der Waals surface area contributed by atoms with E-state index in [9.17, 15) is 9.59 Å². The highest BCUT2D eigenvalue weighted by molar-refractivity contribution is 5.99. The first-order valence-corrected chi connectivity index (χ1v) is 8.99. The maximum atomic E-state index is 13.3. The Balaban J connectivity index is 2.02. The van der Waals surface area contributed by atoms with Gasteiger partial charge in [0.2, 0.25) is 5.91 Å². The maximum Gasteiger partial charge on any atom is 0.256 e. The van der Waals surface area contributed by atoms with Crippen molar-refractivity contribution in [2.24, 2.45) is 5.41 Å². The first-order valence-electron chi connectivity index (χ1n) is 8.99. The standard InChI is InChI=1S/C22H26N2O2/c1-22(2,3)21-23(4)20(26)18(15-16-11-7-5-8-12-16)24(21)19(25)17-13-9-6-10-14-17/h5-14,18,21H,15H2,1-4H3/t18-,21+/m1/s1. The van der Waals surface area contributed by atoms with E-state index >= 15 is 0 Å². The summed E-state index contributed by atoms with van der Waals surface area (Å²) in [7, 11) is 1.80. The topological polar surface area (TPSA) is 40.6 Å². The molecular weight excluding hydrogens is 324 g/mol. The fourth-order valence-electron chi connectivity index (χ4n) is 3.84. The molecule has 2 aromatic rings. The van der Waals surface area contributed by atoms with Crippen LogP contribution < -0.4 is 0 Å². The minimum Gasteiger partial charge on any atom is -0.323 e. The average Bonchev–Trinajstić information content (AvgIpc) is 2.87. The van der Waals surface area contributed by atoms with E-state index in [0.29, 0.717) is 12.0 Å². The molecule has 0 bridgehead atoms. The van der Waals surface area contributed by atoms with Gasteiger partial charge in [0.05, 0.1) is 0 Å². The molecule has 0 spiro atoms. The van der Waals surface area contributed by atoms with Gasteiger partial charge < -0.3 is 9.80 Å². The smallest absolute Gasteiger partial charge is 0.256 e. The number of hydrogen-bond acceptors (Lipinski definition) is 2. The Morgan fingerprint density at radius 1 is 0.962 bits per heavy atom. The summed E-state index contributed by atoms with van der Waals surface area (Å²) in [6, 6.07) is 18.6. The predicted octanol–water partition coefficient (Wildman–Crippen LogP) is 3.58. The van der Waals surface area contributed by atoms with Crippen molar-refractivity contribution >= 4 is 11.8 Å². The SMILES string of the molecule is CN1C(=O)[C@@H](Cc2ccccc2)N(C(=O)c2ccccc2)[C@H]1C(C)(C)C. The van der Waals surface area contributed by atoms with Crippen LogP contribution in [0.1, 0.15) is 36.7 Å². The molecule has 136 valence electrons. The molecule has 2 aromatic carbocycles. The highest BCUT2D eigenvalue weighted by atomic mass is 16.2. The van der Waals surface area contributed by atoms with E-state index in [-0.39, 0.29) is 23.4 Å². The molecule has 0 aromatic heterocycles. The van der Waals surface area contributed by atoms with Crippen LogP contribution in [0.15, 0.2) is 60.7 Å². The molecule has 4 heteroatoms. The van der Waals surface area contributed by atoms with Gasteiger partial charge in [-0.25, -0.2) is 0 Å². The van der Waals surface area contributed by atoms with Gasteiger partial charge >= 0.3 is 0 Å². The summed E-state index contributed by atoms with van der Waals surface area (Å²) in [5, 5.41) is 0. The third-order valence-corrected chi connectivity index (χ3v) is 4.90. The zero-order valence-electron chi connectivity index (χ0n) is 15.8. The molecule has 0 N–H and O–H groups in total. The van der Waals surface area contributed by atoms with Crippen LogP contribution in [0.2, 0.25) is 0 Å². The van der Waals surface area contributed by atoms with Gasteiger partial charge in [-0.2, -0.15) is 0 Å². The Kier molecular flexibility index (Phi) is 4.86. The Labute approximate surface area is 155 Å². The maximum absolute atomic E-state index is 13.3. The van der Waals surface area contributed by atoms with Crippen LogP contribution in [0.4, 0.5) is 0 Å². The summed E-state index contributed by atoms with van der Waals surface area (Å²) < 4.78 is 0. The number of carbonyl (C=O) groups excluding carboxylic acids is 2. The number of nitrogens with zero attached hydrogens (tertiary/aromatic N) is 2.